The SMILES string of the molecule is CC(CF)c1cccc(C(C)(C)C)c1[N+](=O)[O-]. The van der Waals surface area contributed by atoms with E-state index in [1.807, 2.05) is 20.8 Å². The number of nitro benzene ring substituents is 1. The number of para-hydroxylation sites is 1. The lowest BCUT2D eigenvalue weighted by atomic mass is 9.83. The first-order valence-electron chi connectivity index (χ1n) is 5.62. The molecule has 0 amide bonds. The molecule has 0 aromatic heterocycles. The number of hydrogen-bond donors (Lipinski definition) is 0. The van der Waals surface area contributed by atoms with Gasteiger partial charge in [0.1, 0.15) is 0 Å². The zero-order valence-corrected chi connectivity index (χ0v) is 10.7. The predicted octanol–water partition coefficient (Wildman–Crippen LogP) is 3.97. The molecule has 0 saturated carbocycles. The van der Waals surface area contributed by atoms with E-state index in [9.17, 15) is 14.5 Å². The molecule has 1 atom stereocenters. The maximum atomic E-state index is 12.7. The molecule has 1 rings (SSSR count). The van der Waals surface area contributed by atoms with Crippen molar-refractivity contribution < 1.29 is 9.31 Å². The van der Waals surface area contributed by atoms with Crippen molar-refractivity contribution in [3.8, 4) is 0 Å². The molecule has 0 heterocycles. The third-order valence-electron chi connectivity index (χ3n) is 2.82. The van der Waals surface area contributed by atoms with Crippen molar-refractivity contribution >= 4 is 5.69 Å². The van der Waals surface area contributed by atoms with Crippen LogP contribution in [0.4, 0.5) is 10.1 Å². The average molecular weight is 239 g/mol. The molecule has 0 saturated heterocycles. The smallest absolute Gasteiger partial charge is 0.258 e. The van der Waals surface area contributed by atoms with Gasteiger partial charge in [0.2, 0.25) is 0 Å². The minimum absolute atomic E-state index is 0.0603. The van der Waals surface area contributed by atoms with Crippen LogP contribution >= 0.6 is 0 Å². The normalized spacial score (nSPS) is 13.5. The van der Waals surface area contributed by atoms with Crippen LogP contribution in [0.5, 0.6) is 0 Å². The summed E-state index contributed by atoms with van der Waals surface area (Å²) in [5, 5.41) is 11.2. The van der Waals surface area contributed by atoms with E-state index in [2.05, 4.69) is 0 Å². The van der Waals surface area contributed by atoms with Gasteiger partial charge in [-0.05, 0) is 5.41 Å². The fourth-order valence-corrected chi connectivity index (χ4v) is 1.85. The number of halogens is 1. The maximum absolute atomic E-state index is 12.7. The number of benzene rings is 1. The van der Waals surface area contributed by atoms with E-state index in [-0.39, 0.29) is 11.1 Å². The van der Waals surface area contributed by atoms with Gasteiger partial charge in [-0.1, -0.05) is 45.9 Å². The molecule has 4 heteroatoms. The highest BCUT2D eigenvalue weighted by molar-refractivity contribution is 5.52. The maximum Gasteiger partial charge on any atom is 0.276 e. The molecule has 1 aromatic rings. The Labute approximate surface area is 101 Å². The molecule has 1 aromatic carbocycles. The molecule has 0 aliphatic heterocycles. The lowest BCUT2D eigenvalue weighted by Crippen LogP contribution is -2.16. The molecule has 3 nitrogen and oxygen atoms in total. The Morgan fingerprint density at radius 2 is 2.00 bits per heavy atom. The second-order valence-electron chi connectivity index (χ2n) is 5.31. The van der Waals surface area contributed by atoms with Crippen LogP contribution in [0.3, 0.4) is 0 Å². The summed E-state index contributed by atoms with van der Waals surface area (Å²) in [6.45, 7) is 6.82. The summed E-state index contributed by atoms with van der Waals surface area (Å²) in [5.74, 6) is -0.447. The van der Waals surface area contributed by atoms with Gasteiger partial charge >= 0.3 is 0 Å². The molecule has 94 valence electrons. The van der Waals surface area contributed by atoms with E-state index < -0.39 is 17.5 Å². The number of nitrogens with zero attached hydrogens (tertiary/aromatic N) is 1. The summed E-state index contributed by atoms with van der Waals surface area (Å²) in [4.78, 5) is 10.8. The molecule has 0 aliphatic carbocycles. The van der Waals surface area contributed by atoms with Gasteiger partial charge in [0, 0.05) is 17.0 Å². The molecule has 0 radical (unpaired) electrons. The first kappa shape index (κ1) is 13.6. The summed E-state index contributed by atoms with van der Waals surface area (Å²) >= 11 is 0. The van der Waals surface area contributed by atoms with Gasteiger partial charge in [-0.25, -0.2) is 0 Å². The summed E-state index contributed by atoms with van der Waals surface area (Å²) in [7, 11) is 0. The molecule has 1 unspecified atom stereocenters. The number of rotatable bonds is 3. The Hall–Kier alpha value is -1.45. The van der Waals surface area contributed by atoms with Gasteiger partial charge in [-0.15, -0.1) is 0 Å². The number of alkyl halides is 1. The van der Waals surface area contributed by atoms with Crippen LogP contribution in [0.15, 0.2) is 18.2 Å². The van der Waals surface area contributed by atoms with Gasteiger partial charge < -0.3 is 0 Å². The molecule has 0 bridgehead atoms. The Morgan fingerprint density at radius 1 is 1.41 bits per heavy atom. The largest absolute Gasteiger partial charge is 0.276 e. The fourth-order valence-electron chi connectivity index (χ4n) is 1.85. The third kappa shape index (κ3) is 2.81. The third-order valence-corrected chi connectivity index (χ3v) is 2.82. The van der Waals surface area contributed by atoms with Crippen LogP contribution in [-0.2, 0) is 5.41 Å². The van der Waals surface area contributed by atoms with Crippen molar-refractivity contribution in [2.24, 2.45) is 0 Å². The average Bonchev–Trinajstić information content (AvgIpc) is 2.25. The minimum atomic E-state index is -0.589. The number of hydrogen-bond acceptors (Lipinski definition) is 2. The summed E-state index contributed by atoms with van der Waals surface area (Å²) in [6.07, 6.45) is 0. The molecule has 17 heavy (non-hydrogen) atoms. The van der Waals surface area contributed by atoms with Crippen molar-refractivity contribution in [3.63, 3.8) is 0 Å². The summed E-state index contributed by atoms with van der Waals surface area (Å²) < 4.78 is 12.7. The number of nitro groups is 1. The van der Waals surface area contributed by atoms with E-state index in [1.165, 1.54) is 0 Å². The zero-order chi connectivity index (χ0) is 13.2. The van der Waals surface area contributed by atoms with E-state index in [1.54, 1.807) is 25.1 Å². The van der Waals surface area contributed by atoms with Crippen molar-refractivity contribution in [3.05, 3.63) is 39.4 Å². The first-order valence-corrected chi connectivity index (χ1v) is 5.62. The molecule has 0 N–H and O–H groups in total. The van der Waals surface area contributed by atoms with Crippen LogP contribution in [0, 0.1) is 10.1 Å². The molecular formula is C13H18FNO2. The fraction of sp³-hybridized carbons (Fsp3) is 0.538. The summed E-state index contributed by atoms with van der Waals surface area (Å²) in [6, 6.07) is 5.14. The molecule has 0 aliphatic rings. The van der Waals surface area contributed by atoms with Crippen LogP contribution in [-0.4, -0.2) is 11.6 Å². The minimum Gasteiger partial charge on any atom is -0.258 e. The van der Waals surface area contributed by atoms with Crippen LogP contribution < -0.4 is 0 Å². The van der Waals surface area contributed by atoms with Crippen molar-refractivity contribution in [2.75, 3.05) is 6.67 Å². The second kappa shape index (κ2) is 4.82. The standard InChI is InChI=1S/C13H18FNO2/c1-9(8-14)10-6-5-7-11(13(2,3)4)12(10)15(16)17/h5-7,9H,8H2,1-4H3. The predicted molar refractivity (Wildman–Crippen MR) is 66.2 cm³/mol. The van der Waals surface area contributed by atoms with E-state index in [0.29, 0.717) is 11.1 Å². The Kier molecular flexibility index (Phi) is 3.86. The highest BCUT2D eigenvalue weighted by Gasteiger charge is 2.29. The van der Waals surface area contributed by atoms with Crippen LogP contribution in [0.2, 0.25) is 0 Å². The van der Waals surface area contributed by atoms with Crippen molar-refractivity contribution in [1.82, 2.24) is 0 Å². The monoisotopic (exact) mass is 239 g/mol. The van der Waals surface area contributed by atoms with Crippen molar-refractivity contribution in [1.29, 1.82) is 0 Å². The Morgan fingerprint density at radius 3 is 2.41 bits per heavy atom. The first-order chi connectivity index (χ1) is 7.79. The topological polar surface area (TPSA) is 43.1 Å². The van der Waals surface area contributed by atoms with Gasteiger partial charge in [0.25, 0.3) is 5.69 Å². The van der Waals surface area contributed by atoms with E-state index in [4.69, 9.17) is 0 Å². The highest BCUT2D eigenvalue weighted by Crippen LogP contribution is 2.36. The van der Waals surface area contributed by atoms with Gasteiger partial charge in [-0.3, -0.25) is 14.5 Å². The quantitative estimate of drug-likeness (QED) is 0.591. The van der Waals surface area contributed by atoms with Crippen LogP contribution in [0.1, 0.15) is 44.7 Å². The highest BCUT2D eigenvalue weighted by atomic mass is 19.1. The second-order valence-corrected chi connectivity index (χ2v) is 5.31. The zero-order valence-electron chi connectivity index (χ0n) is 10.7. The van der Waals surface area contributed by atoms with Crippen molar-refractivity contribution in [2.45, 2.75) is 39.0 Å². The van der Waals surface area contributed by atoms with Gasteiger partial charge in [0.15, 0.2) is 0 Å². The van der Waals surface area contributed by atoms with Crippen LogP contribution in [0.25, 0.3) is 0 Å². The molecule has 0 spiro atoms. The van der Waals surface area contributed by atoms with E-state index in [0.717, 1.165) is 0 Å². The summed E-state index contributed by atoms with van der Waals surface area (Å²) in [5.41, 5.74) is 0.865. The molecular weight excluding hydrogens is 221 g/mol. The van der Waals surface area contributed by atoms with Gasteiger partial charge in [-0.2, -0.15) is 0 Å². The Balaban J connectivity index is 3.48. The van der Waals surface area contributed by atoms with E-state index >= 15 is 0 Å². The lowest BCUT2D eigenvalue weighted by molar-refractivity contribution is -0.386. The lowest BCUT2D eigenvalue weighted by Gasteiger charge is -2.21. The Bertz CT molecular complexity index is 424. The van der Waals surface area contributed by atoms with Gasteiger partial charge in [0.05, 0.1) is 11.6 Å². The molecule has 0 fully saturated rings.